The largest absolute Gasteiger partial charge is 0.365 e. The van der Waals surface area contributed by atoms with Crippen LogP contribution in [0.5, 0.6) is 0 Å². The van der Waals surface area contributed by atoms with Crippen LogP contribution in [0.2, 0.25) is 0 Å². The quantitative estimate of drug-likeness (QED) is 0.712. The van der Waals surface area contributed by atoms with Crippen LogP contribution < -0.4 is 9.80 Å². The summed E-state index contributed by atoms with van der Waals surface area (Å²) in [7, 11) is 0. The Hall–Kier alpha value is -2.77. The van der Waals surface area contributed by atoms with Gasteiger partial charge in [-0.1, -0.05) is 0 Å². The lowest BCUT2D eigenvalue weighted by Crippen LogP contribution is -2.47. The standard InChI is InChI=1S/C18H22N8/c1-12-13(2)19-10-20-17(12)25-7-5-24(6-8-25)16-9-15(14-3-4-14)23-26-11-21-22-18(16)26/h9-11,14H,3-8H2,1-2H3. The van der Waals surface area contributed by atoms with E-state index in [2.05, 4.69) is 48.1 Å². The molecule has 0 aromatic carbocycles. The van der Waals surface area contributed by atoms with Gasteiger partial charge in [0.05, 0.1) is 11.4 Å². The monoisotopic (exact) mass is 350 g/mol. The van der Waals surface area contributed by atoms with Gasteiger partial charge in [-0.25, -0.2) is 9.97 Å². The SMILES string of the molecule is Cc1ncnc(N2CCN(c3cc(C4CC4)nn4cnnc34)CC2)c1C. The van der Waals surface area contributed by atoms with Gasteiger partial charge in [-0.3, -0.25) is 0 Å². The van der Waals surface area contributed by atoms with Crippen molar-refractivity contribution in [3.8, 4) is 0 Å². The number of rotatable bonds is 3. The summed E-state index contributed by atoms with van der Waals surface area (Å²) in [4.78, 5) is 13.5. The Kier molecular flexibility index (Phi) is 3.51. The summed E-state index contributed by atoms with van der Waals surface area (Å²) in [5.41, 5.74) is 5.37. The lowest BCUT2D eigenvalue weighted by atomic mass is 10.2. The van der Waals surface area contributed by atoms with E-state index in [1.807, 2.05) is 11.4 Å². The maximum atomic E-state index is 4.67. The highest BCUT2D eigenvalue weighted by Gasteiger charge is 2.28. The van der Waals surface area contributed by atoms with Crippen LogP contribution in [0.1, 0.15) is 35.7 Å². The number of hydrogen-bond acceptors (Lipinski definition) is 7. The molecular weight excluding hydrogens is 328 g/mol. The van der Waals surface area contributed by atoms with Gasteiger partial charge in [0.1, 0.15) is 18.5 Å². The molecule has 1 aliphatic carbocycles. The van der Waals surface area contributed by atoms with E-state index in [1.165, 1.54) is 18.4 Å². The molecule has 134 valence electrons. The van der Waals surface area contributed by atoms with Gasteiger partial charge in [-0.15, -0.1) is 10.2 Å². The van der Waals surface area contributed by atoms with E-state index in [1.54, 1.807) is 12.7 Å². The van der Waals surface area contributed by atoms with Gasteiger partial charge >= 0.3 is 0 Å². The molecule has 4 heterocycles. The number of fused-ring (bicyclic) bond motifs is 1. The van der Waals surface area contributed by atoms with Crippen molar-refractivity contribution < 1.29 is 0 Å². The molecule has 3 aromatic heterocycles. The van der Waals surface area contributed by atoms with Gasteiger partial charge in [-0.2, -0.15) is 9.61 Å². The Morgan fingerprint density at radius 1 is 1.00 bits per heavy atom. The highest BCUT2D eigenvalue weighted by atomic mass is 15.4. The second-order valence-electron chi connectivity index (χ2n) is 7.21. The Morgan fingerprint density at radius 2 is 1.77 bits per heavy atom. The van der Waals surface area contributed by atoms with Crippen LogP contribution in [-0.4, -0.2) is 56.0 Å². The summed E-state index contributed by atoms with van der Waals surface area (Å²) < 4.78 is 1.83. The smallest absolute Gasteiger partial charge is 0.200 e. The molecule has 1 saturated heterocycles. The number of hydrogen-bond donors (Lipinski definition) is 0. The topological polar surface area (TPSA) is 75.3 Å². The Labute approximate surface area is 151 Å². The van der Waals surface area contributed by atoms with Crippen molar-refractivity contribution in [1.82, 2.24) is 29.8 Å². The van der Waals surface area contributed by atoms with Gasteiger partial charge in [0.2, 0.25) is 5.65 Å². The average Bonchev–Trinajstić information content (AvgIpc) is 3.41. The lowest BCUT2D eigenvalue weighted by Gasteiger charge is -2.37. The predicted molar refractivity (Wildman–Crippen MR) is 98.7 cm³/mol. The summed E-state index contributed by atoms with van der Waals surface area (Å²) in [6.45, 7) is 7.85. The molecule has 3 aromatic rings. The molecule has 0 radical (unpaired) electrons. The van der Waals surface area contributed by atoms with Crippen LogP contribution in [-0.2, 0) is 0 Å². The molecule has 0 amide bonds. The Bertz CT molecular complexity index is 953. The van der Waals surface area contributed by atoms with Crippen molar-refractivity contribution in [3.05, 3.63) is 35.7 Å². The first-order valence-corrected chi connectivity index (χ1v) is 9.20. The Morgan fingerprint density at radius 3 is 2.54 bits per heavy atom. The van der Waals surface area contributed by atoms with Crippen LogP contribution in [0, 0.1) is 13.8 Å². The fourth-order valence-electron chi connectivity index (χ4n) is 3.64. The highest BCUT2D eigenvalue weighted by molar-refractivity contribution is 5.69. The Balaban J connectivity index is 1.41. The van der Waals surface area contributed by atoms with Crippen molar-refractivity contribution >= 4 is 17.2 Å². The third-order valence-electron chi connectivity index (χ3n) is 5.49. The number of aromatic nitrogens is 6. The van der Waals surface area contributed by atoms with Crippen molar-refractivity contribution in [1.29, 1.82) is 0 Å². The molecule has 0 unspecified atom stereocenters. The fraction of sp³-hybridized carbons (Fsp3) is 0.500. The van der Waals surface area contributed by atoms with E-state index in [-0.39, 0.29) is 0 Å². The molecule has 2 fully saturated rings. The molecule has 1 saturated carbocycles. The van der Waals surface area contributed by atoms with Crippen molar-refractivity contribution in [2.75, 3.05) is 36.0 Å². The zero-order chi connectivity index (χ0) is 17.7. The highest BCUT2D eigenvalue weighted by Crippen LogP contribution is 2.40. The summed E-state index contributed by atoms with van der Waals surface area (Å²) in [5, 5.41) is 13.0. The minimum absolute atomic E-state index is 0.605. The number of nitrogens with zero attached hydrogens (tertiary/aromatic N) is 8. The van der Waals surface area contributed by atoms with Gasteiger partial charge < -0.3 is 9.80 Å². The van der Waals surface area contributed by atoms with Crippen molar-refractivity contribution in [2.24, 2.45) is 0 Å². The molecule has 2 aliphatic rings. The predicted octanol–water partition coefficient (Wildman–Crippen LogP) is 1.74. The minimum atomic E-state index is 0.605. The normalized spacial score (nSPS) is 17.9. The third kappa shape index (κ3) is 2.56. The first kappa shape index (κ1) is 15.5. The summed E-state index contributed by atoms with van der Waals surface area (Å²) in [6, 6.07) is 2.22. The molecule has 1 aliphatic heterocycles. The van der Waals surface area contributed by atoms with E-state index < -0.39 is 0 Å². The first-order chi connectivity index (χ1) is 12.7. The molecule has 0 spiro atoms. The number of aryl methyl sites for hydroxylation is 1. The van der Waals surface area contributed by atoms with Crippen molar-refractivity contribution in [3.63, 3.8) is 0 Å². The molecule has 8 nitrogen and oxygen atoms in total. The van der Waals surface area contributed by atoms with E-state index in [9.17, 15) is 0 Å². The van der Waals surface area contributed by atoms with Crippen LogP contribution in [0.4, 0.5) is 11.5 Å². The summed E-state index contributed by atoms with van der Waals surface area (Å²) >= 11 is 0. The first-order valence-electron chi connectivity index (χ1n) is 9.20. The van der Waals surface area contributed by atoms with Gasteiger partial charge in [0, 0.05) is 43.4 Å². The molecular formula is C18H22N8. The zero-order valence-electron chi connectivity index (χ0n) is 15.1. The maximum Gasteiger partial charge on any atom is 0.200 e. The van der Waals surface area contributed by atoms with E-state index >= 15 is 0 Å². The minimum Gasteiger partial charge on any atom is -0.365 e. The van der Waals surface area contributed by atoms with Crippen LogP contribution in [0.3, 0.4) is 0 Å². The molecule has 0 atom stereocenters. The van der Waals surface area contributed by atoms with Gasteiger partial charge in [0.25, 0.3) is 0 Å². The van der Waals surface area contributed by atoms with Gasteiger partial charge in [0.15, 0.2) is 0 Å². The van der Waals surface area contributed by atoms with E-state index in [0.717, 1.165) is 54.7 Å². The van der Waals surface area contributed by atoms with Crippen molar-refractivity contribution in [2.45, 2.75) is 32.6 Å². The second kappa shape index (κ2) is 5.89. The lowest BCUT2D eigenvalue weighted by molar-refractivity contribution is 0.643. The van der Waals surface area contributed by atoms with Crippen LogP contribution in [0.25, 0.3) is 5.65 Å². The number of anilines is 2. The molecule has 8 heteroatoms. The zero-order valence-corrected chi connectivity index (χ0v) is 15.1. The van der Waals surface area contributed by atoms with E-state index in [0.29, 0.717) is 5.92 Å². The van der Waals surface area contributed by atoms with Crippen LogP contribution >= 0.6 is 0 Å². The van der Waals surface area contributed by atoms with Gasteiger partial charge in [-0.05, 0) is 32.8 Å². The summed E-state index contributed by atoms with van der Waals surface area (Å²) in [5.74, 6) is 1.66. The molecule has 0 bridgehead atoms. The maximum absolute atomic E-state index is 4.67. The molecule has 5 rings (SSSR count). The second-order valence-corrected chi connectivity index (χ2v) is 7.21. The summed E-state index contributed by atoms with van der Waals surface area (Å²) in [6.07, 6.45) is 5.84. The molecule has 0 N–H and O–H groups in total. The van der Waals surface area contributed by atoms with E-state index in [4.69, 9.17) is 0 Å². The van der Waals surface area contributed by atoms with Crippen LogP contribution in [0.15, 0.2) is 18.7 Å². The third-order valence-corrected chi connectivity index (χ3v) is 5.49. The molecule has 26 heavy (non-hydrogen) atoms. The fourth-order valence-corrected chi connectivity index (χ4v) is 3.64. The average molecular weight is 350 g/mol. The number of piperazine rings is 1.